The summed E-state index contributed by atoms with van der Waals surface area (Å²) < 4.78 is 7.07. The van der Waals surface area contributed by atoms with Crippen LogP contribution >= 0.6 is 0 Å². The Balaban J connectivity index is 1.65. The Labute approximate surface area is 135 Å². The SMILES string of the molecule is CCn1ncc2c1CCC[C@H]2N[C@H](C)C(=O)Nc1cc(C)no1. The number of nitrogens with zero attached hydrogens (tertiary/aromatic N) is 3. The van der Waals surface area contributed by atoms with Crippen LogP contribution in [0.4, 0.5) is 5.88 Å². The molecule has 2 N–H and O–H groups in total. The van der Waals surface area contributed by atoms with Crippen LogP contribution in [-0.4, -0.2) is 26.9 Å². The van der Waals surface area contributed by atoms with Gasteiger partial charge in [0.05, 0.1) is 17.9 Å². The minimum absolute atomic E-state index is 0.129. The van der Waals surface area contributed by atoms with Gasteiger partial charge in [-0.1, -0.05) is 5.16 Å². The Morgan fingerprint density at radius 3 is 3.09 bits per heavy atom. The van der Waals surface area contributed by atoms with Gasteiger partial charge in [-0.05, 0) is 40.0 Å². The Morgan fingerprint density at radius 1 is 1.57 bits per heavy atom. The minimum atomic E-state index is -0.332. The molecule has 2 aromatic heterocycles. The first kappa shape index (κ1) is 15.7. The van der Waals surface area contributed by atoms with Gasteiger partial charge >= 0.3 is 0 Å². The van der Waals surface area contributed by atoms with Crippen LogP contribution in [0, 0.1) is 6.92 Å². The second-order valence-corrected chi connectivity index (χ2v) is 6.02. The highest BCUT2D eigenvalue weighted by Gasteiger charge is 2.27. The van der Waals surface area contributed by atoms with Gasteiger partial charge in [0, 0.05) is 29.9 Å². The molecule has 2 aromatic rings. The number of hydrogen-bond donors (Lipinski definition) is 2. The number of fused-ring (bicyclic) bond motifs is 1. The number of aryl methyl sites for hydroxylation is 2. The fourth-order valence-corrected chi connectivity index (χ4v) is 3.09. The van der Waals surface area contributed by atoms with Crippen LogP contribution in [0.25, 0.3) is 0 Å². The van der Waals surface area contributed by atoms with Crippen molar-refractivity contribution < 1.29 is 9.32 Å². The van der Waals surface area contributed by atoms with Crippen molar-refractivity contribution in [1.29, 1.82) is 0 Å². The number of nitrogens with one attached hydrogen (secondary N) is 2. The fourth-order valence-electron chi connectivity index (χ4n) is 3.09. The van der Waals surface area contributed by atoms with E-state index in [9.17, 15) is 4.79 Å². The normalized spacial score (nSPS) is 18.5. The molecule has 0 saturated heterocycles. The molecule has 1 amide bonds. The Kier molecular flexibility index (Phi) is 4.47. The summed E-state index contributed by atoms with van der Waals surface area (Å²) in [5, 5.41) is 14.4. The van der Waals surface area contributed by atoms with Crippen molar-refractivity contribution in [1.82, 2.24) is 20.3 Å². The molecule has 0 radical (unpaired) electrons. The van der Waals surface area contributed by atoms with Crippen molar-refractivity contribution in [3.05, 3.63) is 29.2 Å². The van der Waals surface area contributed by atoms with Gasteiger partial charge in [-0.15, -0.1) is 0 Å². The molecule has 124 valence electrons. The summed E-state index contributed by atoms with van der Waals surface area (Å²) in [5.41, 5.74) is 3.24. The molecule has 1 aliphatic rings. The van der Waals surface area contributed by atoms with Crippen LogP contribution in [-0.2, 0) is 17.8 Å². The lowest BCUT2D eigenvalue weighted by Crippen LogP contribution is -2.41. The lowest BCUT2D eigenvalue weighted by atomic mass is 9.92. The Hall–Kier alpha value is -2.15. The number of anilines is 1. The smallest absolute Gasteiger partial charge is 0.243 e. The summed E-state index contributed by atoms with van der Waals surface area (Å²) in [6.45, 7) is 6.65. The first-order valence-electron chi connectivity index (χ1n) is 8.13. The van der Waals surface area contributed by atoms with Crippen LogP contribution in [0.15, 0.2) is 16.8 Å². The van der Waals surface area contributed by atoms with E-state index in [1.54, 1.807) is 6.07 Å². The zero-order valence-corrected chi connectivity index (χ0v) is 13.8. The highest BCUT2D eigenvalue weighted by molar-refractivity contribution is 5.93. The molecule has 0 bridgehead atoms. The van der Waals surface area contributed by atoms with Gasteiger partial charge in [-0.25, -0.2) is 0 Å². The Bertz CT molecular complexity index is 690. The fraction of sp³-hybridized carbons (Fsp3) is 0.562. The number of amides is 1. The number of hydrogen-bond acceptors (Lipinski definition) is 5. The predicted octanol–water partition coefficient (Wildman–Crippen LogP) is 2.19. The van der Waals surface area contributed by atoms with Crippen molar-refractivity contribution >= 4 is 11.8 Å². The van der Waals surface area contributed by atoms with Crippen molar-refractivity contribution in [3.63, 3.8) is 0 Å². The van der Waals surface area contributed by atoms with Gasteiger partial charge in [0.25, 0.3) is 0 Å². The molecule has 1 aliphatic carbocycles. The average molecular weight is 317 g/mol. The largest absolute Gasteiger partial charge is 0.338 e. The van der Waals surface area contributed by atoms with Gasteiger partial charge in [-0.3, -0.25) is 20.1 Å². The van der Waals surface area contributed by atoms with Crippen molar-refractivity contribution in [2.75, 3.05) is 5.32 Å². The van der Waals surface area contributed by atoms with Crippen molar-refractivity contribution in [3.8, 4) is 0 Å². The molecule has 3 rings (SSSR count). The van der Waals surface area contributed by atoms with E-state index in [0.29, 0.717) is 5.88 Å². The Morgan fingerprint density at radius 2 is 2.39 bits per heavy atom. The first-order chi connectivity index (χ1) is 11.1. The van der Waals surface area contributed by atoms with Crippen LogP contribution < -0.4 is 10.6 Å². The maximum absolute atomic E-state index is 12.3. The van der Waals surface area contributed by atoms with Crippen molar-refractivity contribution in [2.24, 2.45) is 0 Å². The minimum Gasteiger partial charge on any atom is -0.338 e. The highest BCUT2D eigenvalue weighted by atomic mass is 16.5. The van der Waals surface area contributed by atoms with Gasteiger partial charge in [-0.2, -0.15) is 5.10 Å². The molecule has 0 unspecified atom stereocenters. The van der Waals surface area contributed by atoms with E-state index >= 15 is 0 Å². The number of aromatic nitrogens is 3. The zero-order chi connectivity index (χ0) is 16.4. The predicted molar refractivity (Wildman–Crippen MR) is 86.0 cm³/mol. The van der Waals surface area contributed by atoms with Gasteiger partial charge in [0.2, 0.25) is 11.8 Å². The van der Waals surface area contributed by atoms with E-state index in [1.807, 2.05) is 24.7 Å². The molecular weight excluding hydrogens is 294 g/mol. The molecule has 7 nitrogen and oxygen atoms in total. The van der Waals surface area contributed by atoms with Gasteiger partial charge < -0.3 is 4.52 Å². The standard InChI is InChI=1S/C16H23N5O2/c1-4-21-14-7-5-6-13(12(14)9-17-21)18-11(3)16(22)19-15-8-10(2)20-23-15/h8-9,11,13,18H,4-7H2,1-3H3,(H,19,22)/t11-,13-/m1/s1. The molecule has 0 aliphatic heterocycles. The maximum atomic E-state index is 12.3. The third-order valence-corrected chi connectivity index (χ3v) is 4.28. The quantitative estimate of drug-likeness (QED) is 0.883. The third kappa shape index (κ3) is 3.29. The maximum Gasteiger partial charge on any atom is 0.243 e. The average Bonchev–Trinajstić information content (AvgIpc) is 3.13. The molecule has 0 fully saturated rings. The first-order valence-corrected chi connectivity index (χ1v) is 8.13. The van der Waals surface area contributed by atoms with Crippen LogP contribution in [0.1, 0.15) is 49.7 Å². The van der Waals surface area contributed by atoms with Crippen LogP contribution in [0.2, 0.25) is 0 Å². The van der Waals surface area contributed by atoms with E-state index in [1.165, 1.54) is 11.3 Å². The summed E-state index contributed by atoms with van der Waals surface area (Å²) in [6, 6.07) is 1.53. The highest BCUT2D eigenvalue weighted by Crippen LogP contribution is 2.30. The molecule has 0 spiro atoms. The topological polar surface area (TPSA) is 85.0 Å². The summed E-state index contributed by atoms with van der Waals surface area (Å²) in [4.78, 5) is 12.3. The van der Waals surface area contributed by atoms with Crippen LogP contribution in [0.5, 0.6) is 0 Å². The molecule has 0 aromatic carbocycles. The zero-order valence-electron chi connectivity index (χ0n) is 13.8. The molecule has 2 heterocycles. The van der Waals surface area contributed by atoms with E-state index in [-0.39, 0.29) is 18.0 Å². The number of carbonyl (C=O) groups is 1. The molecule has 0 saturated carbocycles. The second-order valence-electron chi connectivity index (χ2n) is 6.02. The molecule has 7 heteroatoms. The summed E-state index contributed by atoms with van der Waals surface area (Å²) in [6.07, 6.45) is 5.10. The summed E-state index contributed by atoms with van der Waals surface area (Å²) in [5.74, 6) is 0.250. The molecule has 2 atom stereocenters. The van der Waals surface area contributed by atoms with E-state index in [0.717, 1.165) is 31.5 Å². The molecule has 23 heavy (non-hydrogen) atoms. The van der Waals surface area contributed by atoms with Gasteiger partial charge in [0.15, 0.2) is 0 Å². The van der Waals surface area contributed by atoms with E-state index in [2.05, 4.69) is 27.8 Å². The van der Waals surface area contributed by atoms with E-state index in [4.69, 9.17) is 4.52 Å². The van der Waals surface area contributed by atoms with Crippen molar-refractivity contribution in [2.45, 2.75) is 58.7 Å². The lowest BCUT2D eigenvalue weighted by Gasteiger charge is -2.26. The molecular formula is C16H23N5O2. The van der Waals surface area contributed by atoms with Gasteiger partial charge in [0.1, 0.15) is 0 Å². The number of carbonyl (C=O) groups excluding carboxylic acids is 1. The summed E-state index contributed by atoms with van der Waals surface area (Å²) >= 11 is 0. The summed E-state index contributed by atoms with van der Waals surface area (Å²) in [7, 11) is 0. The van der Waals surface area contributed by atoms with E-state index < -0.39 is 0 Å². The number of rotatable bonds is 5. The third-order valence-electron chi connectivity index (χ3n) is 4.28. The second kappa shape index (κ2) is 6.54. The monoisotopic (exact) mass is 317 g/mol. The lowest BCUT2D eigenvalue weighted by molar-refractivity contribution is -0.118. The van der Waals surface area contributed by atoms with Crippen LogP contribution in [0.3, 0.4) is 0 Å².